The normalized spacial score (nSPS) is 19.5. The molecule has 3 rings (SSSR count). The summed E-state index contributed by atoms with van der Waals surface area (Å²) in [5.41, 5.74) is 0.810. The number of aromatic nitrogens is 2. The van der Waals surface area contributed by atoms with E-state index in [2.05, 4.69) is 15.5 Å². The summed E-state index contributed by atoms with van der Waals surface area (Å²) in [7, 11) is 0. The molecule has 0 bridgehead atoms. The van der Waals surface area contributed by atoms with Crippen LogP contribution in [-0.2, 0) is 6.42 Å². The highest BCUT2D eigenvalue weighted by Crippen LogP contribution is 2.25. The molecule has 1 aromatic heterocycles. The lowest BCUT2D eigenvalue weighted by Crippen LogP contribution is -2.38. The van der Waals surface area contributed by atoms with E-state index in [1.54, 1.807) is 0 Å². The molecular weight excluding hydrogens is 282 g/mol. The predicted molar refractivity (Wildman–Crippen MR) is 77.6 cm³/mol. The minimum atomic E-state index is 0.415. The van der Waals surface area contributed by atoms with Crippen LogP contribution in [0.1, 0.15) is 5.89 Å². The summed E-state index contributed by atoms with van der Waals surface area (Å²) < 4.78 is 5.31. The maximum atomic E-state index is 6.12. The molecule has 1 atom stereocenters. The van der Waals surface area contributed by atoms with Gasteiger partial charge in [0.25, 0.3) is 0 Å². The van der Waals surface area contributed by atoms with E-state index in [0.717, 1.165) is 24.3 Å². The van der Waals surface area contributed by atoms with Crippen molar-refractivity contribution in [2.75, 3.05) is 18.1 Å². The lowest BCUT2D eigenvalue weighted by atomic mass is 10.2. The first-order valence-corrected chi connectivity index (χ1v) is 7.75. The van der Waals surface area contributed by atoms with Crippen molar-refractivity contribution >= 4 is 23.4 Å². The van der Waals surface area contributed by atoms with Gasteiger partial charge in [-0.1, -0.05) is 28.9 Å². The molecule has 1 saturated heterocycles. The zero-order chi connectivity index (χ0) is 13.1. The summed E-state index contributed by atoms with van der Waals surface area (Å²) in [5, 5.41) is 8.10. The maximum absolute atomic E-state index is 6.12. The number of halogens is 1. The van der Waals surface area contributed by atoms with Gasteiger partial charge in [-0.05, 0) is 12.1 Å². The Hall–Kier alpha value is -1.04. The van der Waals surface area contributed by atoms with Crippen molar-refractivity contribution in [2.45, 2.75) is 12.5 Å². The molecule has 1 aromatic carbocycles. The number of hydrogen-bond acceptors (Lipinski definition) is 5. The van der Waals surface area contributed by atoms with Crippen molar-refractivity contribution in [3.8, 4) is 11.4 Å². The largest absolute Gasteiger partial charge is 0.339 e. The number of nitrogens with zero attached hydrogens (tertiary/aromatic N) is 2. The molecule has 0 aliphatic carbocycles. The van der Waals surface area contributed by atoms with E-state index in [1.807, 2.05) is 36.0 Å². The molecule has 100 valence electrons. The Kier molecular flexibility index (Phi) is 4.06. The zero-order valence-electron chi connectivity index (χ0n) is 10.3. The molecule has 6 heteroatoms. The maximum Gasteiger partial charge on any atom is 0.228 e. The fraction of sp³-hybridized carbons (Fsp3) is 0.385. The second kappa shape index (κ2) is 5.94. The van der Waals surface area contributed by atoms with Crippen molar-refractivity contribution < 1.29 is 4.52 Å². The lowest BCUT2D eigenvalue weighted by molar-refractivity contribution is 0.363. The summed E-state index contributed by atoms with van der Waals surface area (Å²) in [5.74, 6) is 3.48. The molecule has 0 radical (unpaired) electrons. The van der Waals surface area contributed by atoms with Crippen LogP contribution in [0.5, 0.6) is 0 Å². The molecule has 1 N–H and O–H groups in total. The molecule has 1 fully saturated rings. The molecular formula is C13H14ClN3OS. The van der Waals surface area contributed by atoms with Gasteiger partial charge in [-0.15, -0.1) is 0 Å². The third-order valence-electron chi connectivity index (χ3n) is 3.00. The second-order valence-electron chi connectivity index (χ2n) is 4.42. The summed E-state index contributed by atoms with van der Waals surface area (Å²) in [6.45, 7) is 1.04. The van der Waals surface area contributed by atoms with Gasteiger partial charge in [0.1, 0.15) is 0 Å². The Labute approximate surface area is 120 Å². The van der Waals surface area contributed by atoms with Gasteiger partial charge >= 0.3 is 0 Å². The minimum absolute atomic E-state index is 0.415. The van der Waals surface area contributed by atoms with E-state index >= 15 is 0 Å². The van der Waals surface area contributed by atoms with Gasteiger partial charge in [0, 0.05) is 36.1 Å². The van der Waals surface area contributed by atoms with Crippen LogP contribution in [0.2, 0.25) is 5.02 Å². The highest BCUT2D eigenvalue weighted by Gasteiger charge is 2.18. The average Bonchev–Trinajstić information content (AvgIpc) is 2.89. The SMILES string of the molecule is Clc1ccccc1-c1noc(CC2CSCCN2)n1. The Morgan fingerprint density at radius 2 is 2.32 bits per heavy atom. The Bertz CT molecular complexity index is 554. The van der Waals surface area contributed by atoms with Gasteiger partial charge in [-0.3, -0.25) is 0 Å². The van der Waals surface area contributed by atoms with E-state index in [1.165, 1.54) is 5.75 Å². The van der Waals surface area contributed by atoms with Crippen molar-refractivity contribution in [2.24, 2.45) is 0 Å². The minimum Gasteiger partial charge on any atom is -0.339 e. The fourth-order valence-electron chi connectivity index (χ4n) is 2.05. The number of nitrogens with one attached hydrogen (secondary N) is 1. The topological polar surface area (TPSA) is 51.0 Å². The summed E-state index contributed by atoms with van der Waals surface area (Å²) >= 11 is 8.08. The molecule has 2 heterocycles. The van der Waals surface area contributed by atoms with Crippen molar-refractivity contribution in [3.63, 3.8) is 0 Å². The highest BCUT2D eigenvalue weighted by molar-refractivity contribution is 7.99. The van der Waals surface area contributed by atoms with Gasteiger partial charge in [-0.25, -0.2) is 0 Å². The Morgan fingerprint density at radius 3 is 3.11 bits per heavy atom. The molecule has 1 unspecified atom stereocenters. The van der Waals surface area contributed by atoms with Crippen LogP contribution in [0.3, 0.4) is 0 Å². The van der Waals surface area contributed by atoms with E-state index < -0.39 is 0 Å². The molecule has 1 aliphatic rings. The number of hydrogen-bond donors (Lipinski definition) is 1. The van der Waals surface area contributed by atoms with Crippen LogP contribution >= 0.6 is 23.4 Å². The first-order chi connectivity index (χ1) is 9.33. The lowest BCUT2D eigenvalue weighted by Gasteiger charge is -2.21. The van der Waals surface area contributed by atoms with Crippen LogP contribution in [0.4, 0.5) is 0 Å². The van der Waals surface area contributed by atoms with Gasteiger partial charge in [-0.2, -0.15) is 16.7 Å². The smallest absolute Gasteiger partial charge is 0.228 e. The molecule has 0 amide bonds. The van der Waals surface area contributed by atoms with Gasteiger partial charge in [0.15, 0.2) is 0 Å². The zero-order valence-corrected chi connectivity index (χ0v) is 11.9. The van der Waals surface area contributed by atoms with Gasteiger partial charge in [0.05, 0.1) is 5.02 Å². The standard InChI is InChI=1S/C13H14ClN3OS/c14-11-4-2-1-3-10(11)13-16-12(18-17-13)7-9-8-19-6-5-15-9/h1-4,9,15H,5-8H2. The number of thioether (sulfide) groups is 1. The van der Waals surface area contributed by atoms with Crippen molar-refractivity contribution in [3.05, 3.63) is 35.2 Å². The fourth-order valence-corrected chi connectivity index (χ4v) is 3.22. The van der Waals surface area contributed by atoms with Gasteiger partial charge in [0.2, 0.25) is 11.7 Å². The van der Waals surface area contributed by atoms with Crippen LogP contribution in [0.15, 0.2) is 28.8 Å². The molecule has 1 aliphatic heterocycles. The van der Waals surface area contributed by atoms with Crippen LogP contribution in [-0.4, -0.2) is 34.2 Å². The third-order valence-corrected chi connectivity index (χ3v) is 4.46. The number of rotatable bonds is 3. The number of benzene rings is 1. The van der Waals surface area contributed by atoms with E-state index in [0.29, 0.717) is 22.8 Å². The summed E-state index contributed by atoms with van der Waals surface area (Å²) in [4.78, 5) is 4.42. The van der Waals surface area contributed by atoms with Gasteiger partial charge < -0.3 is 9.84 Å². The van der Waals surface area contributed by atoms with E-state index in [9.17, 15) is 0 Å². The van der Waals surface area contributed by atoms with Crippen molar-refractivity contribution in [1.29, 1.82) is 0 Å². The van der Waals surface area contributed by atoms with Crippen molar-refractivity contribution in [1.82, 2.24) is 15.5 Å². The monoisotopic (exact) mass is 295 g/mol. The molecule has 0 spiro atoms. The third kappa shape index (κ3) is 3.11. The second-order valence-corrected chi connectivity index (χ2v) is 5.98. The summed E-state index contributed by atoms with van der Waals surface area (Å²) in [6, 6.07) is 7.93. The first kappa shape index (κ1) is 13.0. The Morgan fingerprint density at radius 1 is 1.42 bits per heavy atom. The average molecular weight is 296 g/mol. The Balaban J connectivity index is 1.74. The predicted octanol–water partition coefficient (Wildman–Crippen LogP) is 2.64. The molecule has 19 heavy (non-hydrogen) atoms. The molecule has 2 aromatic rings. The summed E-state index contributed by atoms with van der Waals surface area (Å²) in [6.07, 6.45) is 0.768. The van der Waals surface area contributed by atoms with E-state index in [-0.39, 0.29) is 0 Å². The van der Waals surface area contributed by atoms with Crippen LogP contribution in [0, 0.1) is 0 Å². The van der Waals surface area contributed by atoms with Crippen LogP contribution < -0.4 is 5.32 Å². The molecule has 0 saturated carbocycles. The quantitative estimate of drug-likeness (QED) is 0.943. The molecule has 4 nitrogen and oxygen atoms in total. The van der Waals surface area contributed by atoms with Crippen LogP contribution in [0.25, 0.3) is 11.4 Å². The van der Waals surface area contributed by atoms with E-state index in [4.69, 9.17) is 16.1 Å². The highest BCUT2D eigenvalue weighted by atomic mass is 35.5. The first-order valence-electron chi connectivity index (χ1n) is 6.21.